The number of aromatic hydroxyl groups is 1. The predicted molar refractivity (Wildman–Crippen MR) is 128 cm³/mol. The molecule has 1 aliphatic heterocycles. The predicted octanol–water partition coefficient (Wildman–Crippen LogP) is 6.97. The number of phenolic OH excluding ortho intramolecular Hbond substituents is 1. The van der Waals surface area contributed by atoms with E-state index in [4.69, 9.17) is 0 Å². The number of thioether (sulfide) groups is 1. The molecule has 1 N–H and O–H groups in total. The number of hydrogen-bond donors (Lipinski definition) is 1. The normalized spacial score (nSPS) is 15.2. The number of carbonyl (C=O) groups excluding carboxylic acids is 2. The zero-order chi connectivity index (χ0) is 26.7. The minimum absolute atomic E-state index is 0.0224. The van der Waals surface area contributed by atoms with Crippen LogP contribution in [0.5, 0.6) is 5.75 Å². The summed E-state index contributed by atoms with van der Waals surface area (Å²) in [5, 5.41) is 28.2. The fraction of sp³-hybridized carbons (Fsp3) is 0.0833. The SMILES string of the molecule is O=C1S/C(=C\c2cc(N=Nc3cccc(C(F)(F)F)c3)ccc2O)C(=O)N1Cc1ccc([N+](=O)[O-])cc1. The Balaban J connectivity index is 1.53. The Labute approximate surface area is 211 Å². The minimum atomic E-state index is -4.53. The third-order valence-corrected chi connectivity index (χ3v) is 6.02. The Morgan fingerprint density at radius 1 is 1.00 bits per heavy atom. The van der Waals surface area contributed by atoms with Crippen LogP contribution in [-0.2, 0) is 17.5 Å². The number of nitrogens with zero attached hydrogens (tertiary/aromatic N) is 4. The van der Waals surface area contributed by atoms with Crippen molar-refractivity contribution in [2.24, 2.45) is 10.2 Å². The molecule has 0 atom stereocenters. The molecular weight excluding hydrogens is 513 g/mol. The van der Waals surface area contributed by atoms with Gasteiger partial charge in [0, 0.05) is 17.7 Å². The van der Waals surface area contributed by atoms with Gasteiger partial charge in [0.25, 0.3) is 16.8 Å². The molecule has 0 aliphatic carbocycles. The molecule has 0 unspecified atom stereocenters. The molecule has 1 fully saturated rings. The highest BCUT2D eigenvalue weighted by atomic mass is 32.2. The number of phenols is 1. The van der Waals surface area contributed by atoms with Crippen LogP contribution in [0.3, 0.4) is 0 Å². The van der Waals surface area contributed by atoms with Crippen molar-refractivity contribution in [2.45, 2.75) is 12.7 Å². The van der Waals surface area contributed by atoms with Gasteiger partial charge in [0.2, 0.25) is 0 Å². The van der Waals surface area contributed by atoms with Gasteiger partial charge in [-0.05, 0) is 59.8 Å². The molecule has 1 heterocycles. The van der Waals surface area contributed by atoms with Gasteiger partial charge in [0.05, 0.1) is 33.3 Å². The number of non-ortho nitro benzene ring substituents is 1. The first-order valence-corrected chi connectivity index (χ1v) is 11.2. The third kappa shape index (κ3) is 6.01. The van der Waals surface area contributed by atoms with Crippen LogP contribution in [0.2, 0.25) is 0 Å². The zero-order valence-electron chi connectivity index (χ0n) is 18.5. The van der Waals surface area contributed by atoms with Crippen LogP contribution >= 0.6 is 11.8 Å². The number of nitro groups is 1. The van der Waals surface area contributed by atoms with Gasteiger partial charge in [0.1, 0.15) is 5.75 Å². The van der Waals surface area contributed by atoms with E-state index in [0.717, 1.165) is 17.0 Å². The Bertz CT molecular complexity index is 1460. The van der Waals surface area contributed by atoms with Gasteiger partial charge in [-0.15, -0.1) is 0 Å². The molecule has 4 rings (SSSR count). The summed E-state index contributed by atoms with van der Waals surface area (Å²) in [6.07, 6.45) is -3.24. The van der Waals surface area contributed by atoms with Crippen molar-refractivity contribution in [1.29, 1.82) is 0 Å². The van der Waals surface area contributed by atoms with E-state index in [1.807, 2.05) is 0 Å². The number of nitro benzene ring substituents is 1. The minimum Gasteiger partial charge on any atom is -0.507 e. The number of alkyl halides is 3. The first-order valence-electron chi connectivity index (χ1n) is 10.4. The number of hydrogen-bond acceptors (Lipinski definition) is 8. The van der Waals surface area contributed by atoms with Gasteiger partial charge in [-0.3, -0.25) is 24.6 Å². The molecule has 0 spiro atoms. The Kier molecular flexibility index (Phi) is 7.07. The second-order valence-corrected chi connectivity index (χ2v) is 8.68. The van der Waals surface area contributed by atoms with Crippen LogP contribution in [0.15, 0.2) is 81.9 Å². The topological polar surface area (TPSA) is 125 Å². The molecule has 3 aromatic rings. The maximum Gasteiger partial charge on any atom is 0.416 e. The van der Waals surface area contributed by atoms with E-state index in [9.17, 15) is 38.0 Å². The number of benzene rings is 3. The summed E-state index contributed by atoms with van der Waals surface area (Å²) in [6.45, 7) is -0.1000. The summed E-state index contributed by atoms with van der Waals surface area (Å²) in [5.41, 5.74) is -0.197. The largest absolute Gasteiger partial charge is 0.507 e. The molecule has 0 saturated carbocycles. The number of halogens is 3. The van der Waals surface area contributed by atoms with E-state index >= 15 is 0 Å². The van der Waals surface area contributed by atoms with Crippen molar-refractivity contribution >= 4 is 46.0 Å². The fourth-order valence-electron chi connectivity index (χ4n) is 3.26. The van der Waals surface area contributed by atoms with Crippen LogP contribution in [0, 0.1) is 10.1 Å². The number of rotatable bonds is 6. The van der Waals surface area contributed by atoms with E-state index in [2.05, 4.69) is 10.2 Å². The van der Waals surface area contributed by atoms with Crippen LogP contribution < -0.4 is 0 Å². The lowest BCUT2D eigenvalue weighted by Crippen LogP contribution is -2.27. The molecule has 9 nitrogen and oxygen atoms in total. The fourth-order valence-corrected chi connectivity index (χ4v) is 4.09. The maximum absolute atomic E-state index is 12.9. The summed E-state index contributed by atoms with van der Waals surface area (Å²) in [4.78, 5) is 36.4. The van der Waals surface area contributed by atoms with Gasteiger partial charge >= 0.3 is 6.18 Å². The summed E-state index contributed by atoms with van der Waals surface area (Å²) in [7, 11) is 0. The number of imide groups is 1. The highest BCUT2D eigenvalue weighted by Crippen LogP contribution is 2.36. The molecule has 188 valence electrons. The highest BCUT2D eigenvalue weighted by Gasteiger charge is 2.35. The standard InChI is InChI=1S/C24H15F3N4O5S/c25-24(26,27)16-2-1-3-17(12-16)28-29-18-6-9-20(32)15(10-18)11-21-22(33)30(23(34)37-21)13-14-4-7-19(8-5-14)31(35)36/h1-12,32H,13H2/b21-11-,29-28?. The third-order valence-electron chi connectivity index (χ3n) is 5.11. The van der Waals surface area contributed by atoms with E-state index in [1.54, 1.807) is 0 Å². The molecule has 13 heteroatoms. The zero-order valence-corrected chi connectivity index (χ0v) is 19.4. The van der Waals surface area contributed by atoms with Crippen molar-refractivity contribution in [3.05, 3.63) is 98.4 Å². The van der Waals surface area contributed by atoms with Gasteiger partial charge in [-0.2, -0.15) is 23.4 Å². The van der Waals surface area contributed by atoms with Crippen LogP contribution in [0.4, 0.5) is 35.0 Å². The second kappa shape index (κ2) is 10.2. The average Bonchev–Trinajstić information content (AvgIpc) is 3.11. The van der Waals surface area contributed by atoms with Gasteiger partial charge in [-0.25, -0.2) is 0 Å². The van der Waals surface area contributed by atoms with Crippen LogP contribution in [0.25, 0.3) is 6.08 Å². The van der Waals surface area contributed by atoms with Crippen molar-refractivity contribution in [2.75, 3.05) is 0 Å². The number of azo groups is 1. The lowest BCUT2D eigenvalue weighted by molar-refractivity contribution is -0.384. The lowest BCUT2D eigenvalue weighted by atomic mass is 10.1. The Hall–Kier alpha value is -4.52. The molecule has 0 aromatic heterocycles. The first-order chi connectivity index (χ1) is 17.5. The molecule has 37 heavy (non-hydrogen) atoms. The van der Waals surface area contributed by atoms with E-state index < -0.39 is 27.8 Å². The smallest absolute Gasteiger partial charge is 0.416 e. The van der Waals surface area contributed by atoms with Gasteiger partial charge in [0.15, 0.2) is 0 Å². The quantitative estimate of drug-likeness (QED) is 0.159. The average molecular weight is 528 g/mol. The molecule has 2 amide bonds. The summed E-state index contributed by atoms with van der Waals surface area (Å²) in [5.74, 6) is -0.844. The first kappa shape index (κ1) is 25.6. The highest BCUT2D eigenvalue weighted by molar-refractivity contribution is 8.18. The van der Waals surface area contributed by atoms with Crippen molar-refractivity contribution in [3.8, 4) is 5.75 Å². The van der Waals surface area contributed by atoms with E-state index in [0.29, 0.717) is 17.3 Å². The maximum atomic E-state index is 12.9. The molecule has 1 aliphatic rings. The van der Waals surface area contributed by atoms with Crippen molar-refractivity contribution in [3.63, 3.8) is 0 Å². The summed E-state index contributed by atoms with van der Waals surface area (Å²) < 4.78 is 38.7. The van der Waals surface area contributed by atoms with E-state index in [-0.39, 0.29) is 39.8 Å². The van der Waals surface area contributed by atoms with Gasteiger partial charge in [-0.1, -0.05) is 18.2 Å². The van der Waals surface area contributed by atoms with Crippen LogP contribution in [0.1, 0.15) is 16.7 Å². The molecule has 0 radical (unpaired) electrons. The second-order valence-electron chi connectivity index (χ2n) is 7.68. The monoisotopic (exact) mass is 528 g/mol. The number of carbonyl (C=O) groups is 2. The number of amides is 2. The molecular formula is C24H15F3N4O5S. The van der Waals surface area contributed by atoms with Crippen molar-refractivity contribution in [1.82, 2.24) is 4.90 Å². The Morgan fingerprint density at radius 2 is 1.68 bits per heavy atom. The van der Waals surface area contributed by atoms with E-state index in [1.165, 1.54) is 60.7 Å². The summed E-state index contributed by atoms with van der Waals surface area (Å²) in [6, 6.07) is 13.7. The molecule has 0 bridgehead atoms. The molecule has 1 saturated heterocycles. The summed E-state index contributed by atoms with van der Waals surface area (Å²) >= 11 is 0.651. The Morgan fingerprint density at radius 3 is 2.32 bits per heavy atom. The van der Waals surface area contributed by atoms with Crippen LogP contribution in [-0.4, -0.2) is 26.1 Å². The van der Waals surface area contributed by atoms with Crippen molar-refractivity contribution < 1.29 is 32.8 Å². The molecule has 3 aromatic carbocycles. The lowest BCUT2D eigenvalue weighted by Gasteiger charge is -2.12. The van der Waals surface area contributed by atoms with Gasteiger partial charge < -0.3 is 5.11 Å².